The Labute approximate surface area is 211 Å². The number of aromatic nitrogens is 1. The fourth-order valence-electron chi connectivity index (χ4n) is 5.86. The van der Waals surface area contributed by atoms with E-state index in [4.69, 9.17) is 4.74 Å². The molecule has 0 aromatic carbocycles. The van der Waals surface area contributed by atoms with Crippen LogP contribution in [0.3, 0.4) is 0 Å². The molecule has 0 unspecified atom stereocenters. The van der Waals surface area contributed by atoms with Crippen molar-refractivity contribution in [2.75, 3.05) is 19.0 Å². The molecule has 0 atom stereocenters. The zero-order valence-corrected chi connectivity index (χ0v) is 22.3. The van der Waals surface area contributed by atoms with Gasteiger partial charge in [-0.05, 0) is 77.0 Å². The first kappa shape index (κ1) is 25.8. The highest BCUT2D eigenvalue weighted by molar-refractivity contribution is 8.03. The lowest BCUT2D eigenvalue weighted by molar-refractivity contribution is -0.138. The van der Waals surface area contributed by atoms with Crippen LogP contribution in [-0.4, -0.2) is 57.0 Å². The monoisotopic (exact) mass is 509 g/mol. The first-order valence-electron chi connectivity index (χ1n) is 12.7. The number of methoxy groups -OCH3 is 1. The van der Waals surface area contributed by atoms with Crippen LogP contribution in [0.5, 0.6) is 0 Å². The number of hydrogen-bond donors (Lipinski definition) is 2. The Hall–Kier alpha value is -1.32. The van der Waals surface area contributed by atoms with E-state index in [2.05, 4.69) is 15.2 Å². The average molecular weight is 510 g/mol. The number of urea groups is 1. The quantitative estimate of drug-likeness (QED) is 0.382. The molecule has 3 aliphatic rings. The summed E-state index contributed by atoms with van der Waals surface area (Å²) in [5.74, 6) is 0.833. The zero-order chi connectivity index (χ0) is 24.3. The van der Waals surface area contributed by atoms with Crippen LogP contribution in [0, 0.1) is 11.8 Å². The van der Waals surface area contributed by atoms with Crippen LogP contribution < -0.4 is 5.32 Å². The van der Waals surface area contributed by atoms with E-state index in [0.29, 0.717) is 11.7 Å². The number of carboxylic acid groups (broad SMARTS) is 1. The molecule has 9 heteroatoms. The molecule has 0 radical (unpaired) electrons. The number of nitrogens with zero attached hydrogens (tertiary/aromatic N) is 2. The summed E-state index contributed by atoms with van der Waals surface area (Å²) in [5, 5.41) is 13.0. The number of thiazole rings is 1. The summed E-state index contributed by atoms with van der Waals surface area (Å²) in [6.07, 6.45) is 14.4. The van der Waals surface area contributed by atoms with Crippen molar-refractivity contribution >= 4 is 40.2 Å². The summed E-state index contributed by atoms with van der Waals surface area (Å²) in [6.45, 7) is 3.92. The van der Waals surface area contributed by atoms with Gasteiger partial charge in [-0.3, -0.25) is 10.1 Å². The summed E-state index contributed by atoms with van der Waals surface area (Å²) in [6, 6.07) is 0.137. The second-order valence-corrected chi connectivity index (χ2v) is 13.8. The van der Waals surface area contributed by atoms with E-state index in [1.54, 1.807) is 27.2 Å². The van der Waals surface area contributed by atoms with Gasteiger partial charge in [0, 0.05) is 13.2 Å². The van der Waals surface area contributed by atoms with Crippen molar-refractivity contribution < 1.29 is 19.4 Å². The molecule has 1 aromatic heterocycles. The number of carbonyl (C=O) groups is 2. The van der Waals surface area contributed by atoms with E-state index >= 15 is 0 Å². The minimum absolute atomic E-state index is 0.0859. The van der Waals surface area contributed by atoms with Crippen LogP contribution in [0.4, 0.5) is 9.93 Å². The maximum atomic E-state index is 13.8. The highest BCUT2D eigenvalue weighted by atomic mass is 32.2. The van der Waals surface area contributed by atoms with E-state index < -0.39 is 10.7 Å². The highest BCUT2D eigenvalue weighted by Gasteiger charge is 2.48. The molecule has 0 spiro atoms. The molecule has 0 aliphatic heterocycles. The SMILES string of the molecule is COC[C@]1(N(C(=O)Nc2ncc(SC(C)(C)C(=O)O)s2)C2CCCCC2)CC[C@H](C2CC2)CC1. The largest absolute Gasteiger partial charge is 0.480 e. The van der Waals surface area contributed by atoms with Gasteiger partial charge in [-0.2, -0.15) is 0 Å². The third-order valence-electron chi connectivity index (χ3n) is 7.90. The van der Waals surface area contributed by atoms with Crippen LogP contribution in [0.1, 0.15) is 84.5 Å². The van der Waals surface area contributed by atoms with Gasteiger partial charge < -0.3 is 14.7 Å². The van der Waals surface area contributed by atoms with Gasteiger partial charge in [0.25, 0.3) is 0 Å². The molecule has 2 N–H and O–H groups in total. The van der Waals surface area contributed by atoms with E-state index in [0.717, 1.165) is 54.6 Å². The van der Waals surface area contributed by atoms with Crippen molar-refractivity contribution in [2.45, 2.75) is 105 Å². The van der Waals surface area contributed by atoms with Gasteiger partial charge >= 0.3 is 12.0 Å². The van der Waals surface area contributed by atoms with Gasteiger partial charge in [0.2, 0.25) is 0 Å². The highest BCUT2D eigenvalue weighted by Crippen LogP contribution is 2.49. The van der Waals surface area contributed by atoms with Crippen LogP contribution in [0.25, 0.3) is 0 Å². The van der Waals surface area contributed by atoms with Crippen molar-refractivity contribution in [1.82, 2.24) is 9.88 Å². The number of anilines is 1. The lowest BCUT2D eigenvalue weighted by Gasteiger charge is -2.51. The molecule has 0 saturated heterocycles. The third-order valence-corrected chi connectivity index (χ3v) is 10.1. The number of ether oxygens (including phenoxy) is 1. The van der Waals surface area contributed by atoms with Crippen molar-refractivity contribution in [3.63, 3.8) is 0 Å². The molecule has 3 fully saturated rings. The number of aliphatic carboxylic acids is 1. The minimum atomic E-state index is -0.954. The van der Waals surface area contributed by atoms with Gasteiger partial charge in [0.05, 0.1) is 22.6 Å². The Kier molecular flexibility index (Phi) is 8.14. The fraction of sp³-hybridized carbons (Fsp3) is 0.800. The van der Waals surface area contributed by atoms with Gasteiger partial charge in [0.15, 0.2) is 5.13 Å². The molecule has 1 heterocycles. The van der Waals surface area contributed by atoms with Crippen LogP contribution in [0.15, 0.2) is 10.4 Å². The molecule has 4 rings (SSSR count). The van der Waals surface area contributed by atoms with Gasteiger partial charge in [-0.25, -0.2) is 9.78 Å². The topological polar surface area (TPSA) is 91.8 Å². The summed E-state index contributed by atoms with van der Waals surface area (Å²) in [7, 11) is 1.75. The normalized spacial score (nSPS) is 26.3. The number of nitrogens with one attached hydrogen (secondary N) is 1. The van der Waals surface area contributed by atoms with Gasteiger partial charge in [-0.15, -0.1) is 0 Å². The van der Waals surface area contributed by atoms with E-state index in [-0.39, 0.29) is 17.6 Å². The number of hydrogen-bond acceptors (Lipinski definition) is 6. The smallest absolute Gasteiger partial charge is 0.324 e. The summed E-state index contributed by atoms with van der Waals surface area (Å²) in [5.41, 5.74) is -0.271. The zero-order valence-electron chi connectivity index (χ0n) is 20.7. The van der Waals surface area contributed by atoms with E-state index in [1.165, 1.54) is 55.2 Å². The Morgan fingerprint density at radius 3 is 2.41 bits per heavy atom. The molecule has 0 bridgehead atoms. The Bertz CT molecular complexity index is 856. The molecule has 34 heavy (non-hydrogen) atoms. The van der Waals surface area contributed by atoms with E-state index in [1.807, 2.05) is 0 Å². The molecule has 7 nitrogen and oxygen atoms in total. The second-order valence-electron chi connectivity index (χ2n) is 10.8. The van der Waals surface area contributed by atoms with Crippen molar-refractivity contribution in [2.24, 2.45) is 11.8 Å². The third kappa shape index (κ3) is 5.90. The van der Waals surface area contributed by atoms with Crippen LogP contribution in [0.2, 0.25) is 0 Å². The molecular weight excluding hydrogens is 470 g/mol. The maximum Gasteiger partial charge on any atom is 0.324 e. The fourth-order valence-corrected chi connectivity index (χ4v) is 8.12. The second kappa shape index (κ2) is 10.7. The Balaban J connectivity index is 1.52. The Morgan fingerprint density at radius 2 is 1.82 bits per heavy atom. The lowest BCUT2D eigenvalue weighted by Crippen LogP contribution is -2.61. The van der Waals surface area contributed by atoms with Crippen LogP contribution in [-0.2, 0) is 9.53 Å². The number of thioether (sulfide) groups is 1. The molecule has 190 valence electrons. The standard InChI is InChI=1S/C25H39N3O4S2/c1-24(2,21(29)30)34-20-15-26-22(33-20)27-23(31)28(19-7-5-4-6-8-19)25(16-32-3)13-11-18(12-14-25)17-9-10-17/h15,17-19H,4-14,16H2,1-3H3,(H,29,30)(H,26,27,31)/t18-,25-. The lowest BCUT2D eigenvalue weighted by atomic mass is 9.73. The van der Waals surface area contributed by atoms with Crippen molar-refractivity contribution in [1.29, 1.82) is 0 Å². The first-order valence-corrected chi connectivity index (χ1v) is 14.3. The Morgan fingerprint density at radius 1 is 1.18 bits per heavy atom. The molecule has 2 amide bonds. The minimum Gasteiger partial charge on any atom is -0.480 e. The number of carboxylic acids is 1. The molecular formula is C25H39N3O4S2. The van der Waals surface area contributed by atoms with E-state index in [9.17, 15) is 14.7 Å². The van der Waals surface area contributed by atoms with Crippen molar-refractivity contribution in [3.05, 3.63) is 6.20 Å². The number of rotatable bonds is 9. The van der Waals surface area contributed by atoms with Gasteiger partial charge in [-0.1, -0.05) is 42.4 Å². The predicted octanol–water partition coefficient (Wildman–Crippen LogP) is 6.25. The maximum absolute atomic E-state index is 13.8. The number of carbonyl (C=O) groups excluding carboxylic acids is 1. The number of amides is 2. The van der Waals surface area contributed by atoms with Crippen LogP contribution >= 0.6 is 23.1 Å². The molecule has 1 aromatic rings. The first-order chi connectivity index (χ1) is 16.2. The van der Waals surface area contributed by atoms with Gasteiger partial charge in [0.1, 0.15) is 4.75 Å². The van der Waals surface area contributed by atoms with Crippen molar-refractivity contribution in [3.8, 4) is 0 Å². The summed E-state index contributed by atoms with van der Waals surface area (Å²) >= 11 is 2.59. The molecule has 3 aliphatic carbocycles. The average Bonchev–Trinajstić information content (AvgIpc) is 3.56. The summed E-state index contributed by atoms with van der Waals surface area (Å²) < 4.78 is 5.58. The predicted molar refractivity (Wildman–Crippen MR) is 137 cm³/mol. The molecule has 3 saturated carbocycles. The summed E-state index contributed by atoms with van der Waals surface area (Å²) in [4.78, 5) is 31.9.